The van der Waals surface area contributed by atoms with Crippen LogP contribution in [0.3, 0.4) is 0 Å². The molecule has 1 saturated carbocycles. The minimum Gasteiger partial charge on any atom is -0.365 e. The van der Waals surface area contributed by atoms with Crippen LogP contribution in [0.4, 0.5) is 5.69 Å². The van der Waals surface area contributed by atoms with Gasteiger partial charge in [-0.3, -0.25) is 4.90 Å². The molecule has 1 aromatic rings. The maximum absolute atomic E-state index is 6.41. The van der Waals surface area contributed by atoms with Crippen LogP contribution in [0, 0.1) is 5.92 Å². The van der Waals surface area contributed by atoms with Gasteiger partial charge in [-0.1, -0.05) is 29.3 Å². The van der Waals surface area contributed by atoms with E-state index in [1.807, 2.05) is 12.1 Å². The second-order valence-corrected chi connectivity index (χ2v) is 8.27. The largest absolute Gasteiger partial charge is 0.365 e. The Hall–Kier alpha value is -0.480. The van der Waals surface area contributed by atoms with Gasteiger partial charge in [0.1, 0.15) is 0 Å². The molecule has 1 saturated heterocycles. The summed E-state index contributed by atoms with van der Waals surface area (Å²) in [6, 6.07) is 6.81. The highest BCUT2D eigenvalue weighted by atomic mass is 35.5. The average molecular weight is 370 g/mol. The van der Waals surface area contributed by atoms with Gasteiger partial charge in [0.25, 0.3) is 0 Å². The van der Waals surface area contributed by atoms with Crippen LogP contribution < -0.4 is 10.6 Å². The molecule has 2 fully saturated rings. The van der Waals surface area contributed by atoms with Crippen LogP contribution in [0.25, 0.3) is 0 Å². The molecule has 1 aliphatic heterocycles. The van der Waals surface area contributed by atoms with Crippen molar-refractivity contribution in [1.29, 1.82) is 0 Å². The zero-order valence-electron chi connectivity index (χ0n) is 14.6. The monoisotopic (exact) mass is 369 g/mol. The third kappa shape index (κ3) is 4.37. The molecule has 3 rings (SSSR count). The van der Waals surface area contributed by atoms with Gasteiger partial charge in [-0.2, -0.15) is 0 Å². The summed E-state index contributed by atoms with van der Waals surface area (Å²) in [5, 5.41) is 1.32. The van der Waals surface area contributed by atoms with Crippen LogP contribution in [0.15, 0.2) is 18.2 Å². The fraction of sp³-hybridized carbons (Fsp3) is 0.684. The lowest BCUT2D eigenvalue weighted by atomic mass is 9.84. The summed E-state index contributed by atoms with van der Waals surface area (Å²) >= 11 is 12.6. The molecule has 3 nitrogen and oxygen atoms in total. The third-order valence-corrected chi connectivity index (χ3v) is 6.51. The van der Waals surface area contributed by atoms with Crippen LogP contribution in [-0.2, 0) is 0 Å². The quantitative estimate of drug-likeness (QED) is 0.852. The van der Waals surface area contributed by atoms with Gasteiger partial charge in [-0.15, -0.1) is 0 Å². The lowest BCUT2D eigenvalue weighted by Crippen LogP contribution is -2.52. The lowest BCUT2D eigenvalue weighted by Gasteiger charge is -2.42. The van der Waals surface area contributed by atoms with Crippen molar-refractivity contribution in [2.75, 3.05) is 31.1 Å². The molecule has 2 aliphatic rings. The van der Waals surface area contributed by atoms with Gasteiger partial charge in [-0.05, 0) is 63.6 Å². The predicted octanol–water partition coefficient (Wildman–Crippen LogP) is 4.41. The van der Waals surface area contributed by atoms with Gasteiger partial charge >= 0.3 is 0 Å². The van der Waals surface area contributed by atoms with E-state index in [2.05, 4.69) is 22.8 Å². The van der Waals surface area contributed by atoms with E-state index in [9.17, 15) is 0 Å². The molecule has 0 aromatic heterocycles. The first-order valence-electron chi connectivity index (χ1n) is 9.23. The normalized spacial score (nSPS) is 29.0. The summed E-state index contributed by atoms with van der Waals surface area (Å²) in [6.45, 7) is 6.69. The molecule has 0 unspecified atom stereocenters. The zero-order valence-corrected chi connectivity index (χ0v) is 16.1. The van der Waals surface area contributed by atoms with Gasteiger partial charge in [0.05, 0.1) is 15.7 Å². The molecule has 134 valence electrons. The fourth-order valence-corrected chi connectivity index (χ4v) is 4.55. The van der Waals surface area contributed by atoms with Crippen molar-refractivity contribution in [3.05, 3.63) is 28.2 Å². The highest BCUT2D eigenvalue weighted by Crippen LogP contribution is 2.34. The first-order chi connectivity index (χ1) is 11.5. The molecule has 24 heavy (non-hydrogen) atoms. The number of nitrogens with two attached hydrogens (primary N) is 1. The van der Waals surface area contributed by atoms with Gasteiger partial charge in [-0.25, -0.2) is 0 Å². The van der Waals surface area contributed by atoms with E-state index in [0.29, 0.717) is 22.1 Å². The van der Waals surface area contributed by atoms with E-state index in [4.69, 9.17) is 28.9 Å². The van der Waals surface area contributed by atoms with Crippen molar-refractivity contribution < 1.29 is 0 Å². The topological polar surface area (TPSA) is 32.5 Å². The fourth-order valence-electron chi connectivity index (χ4n) is 4.15. The summed E-state index contributed by atoms with van der Waals surface area (Å²) in [4.78, 5) is 5.00. The first-order valence-corrected chi connectivity index (χ1v) is 9.98. The molecule has 1 atom stereocenters. The van der Waals surface area contributed by atoms with E-state index < -0.39 is 0 Å². The Morgan fingerprint density at radius 1 is 1.12 bits per heavy atom. The molecule has 2 N–H and O–H groups in total. The number of hydrogen-bond donors (Lipinski definition) is 1. The molecule has 5 heteroatoms. The highest BCUT2D eigenvalue weighted by Gasteiger charge is 2.26. The van der Waals surface area contributed by atoms with E-state index >= 15 is 0 Å². The minimum atomic E-state index is 0.451. The van der Waals surface area contributed by atoms with Crippen molar-refractivity contribution in [1.82, 2.24) is 4.90 Å². The van der Waals surface area contributed by atoms with E-state index in [1.165, 1.54) is 38.6 Å². The zero-order chi connectivity index (χ0) is 17.1. The number of benzene rings is 1. The molecule has 1 aromatic carbocycles. The summed E-state index contributed by atoms with van der Waals surface area (Å²) in [6.07, 6.45) is 6.37. The summed E-state index contributed by atoms with van der Waals surface area (Å²) in [5.41, 5.74) is 7.08. The number of halogens is 2. The maximum atomic E-state index is 6.41. The van der Waals surface area contributed by atoms with Gasteiger partial charge < -0.3 is 10.6 Å². The number of piperazine rings is 1. The van der Waals surface area contributed by atoms with Crippen molar-refractivity contribution in [2.24, 2.45) is 11.7 Å². The summed E-state index contributed by atoms with van der Waals surface area (Å²) in [5.74, 6) is 0.875. The molecule has 0 spiro atoms. The van der Waals surface area contributed by atoms with Gasteiger partial charge in [0, 0.05) is 31.7 Å². The Kier molecular flexibility index (Phi) is 6.31. The van der Waals surface area contributed by atoms with Crippen LogP contribution in [0.2, 0.25) is 10.0 Å². The van der Waals surface area contributed by atoms with Gasteiger partial charge in [0.2, 0.25) is 0 Å². The van der Waals surface area contributed by atoms with Crippen LogP contribution in [0.1, 0.15) is 39.0 Å². The highest BCUT2D eigenvalue weighted by molar-refractivity contribution is 6.43. The molecular weight excluding hydrogens is 341 g/mol. The molecular formula is C19H29Cl2N3. The smallest absolute Gasteiger partial charge is 0.0825 e. The SMILES string of the molecule is C[C@H]1CN(CC[C@H]2CC[C@H](N)CC2)CCN1c1cccc(Cl)c1Cl. The lowest BCUT2D eigenvalue weighted by molar-refractivity contribution is 0.198. The number of hydrogen-bond acceptors (Lipinski definition) is 3. The molecule has 1 heterocycles. The standard InChI is InChI=1S/C19H29Cl2N3/c1-14-13-23(10-9-15-5-7-16(22)8-6-15)11-12-24(14)18-4-2-3-17(20)19(18)21/h2-4,14-16H,5-13,22H2,1H3/t14-,15-,16-/m0/s1. The van der Waals surface area contributed by atoms with Crippen LogP contribution >= 0.6 is 23.2 Å². The predicted molar refractivity (Wildman–Crippen MR) is 104 cm³/mol. The second kappa shape index (κ2) is 8.27. The van der Waals surface area contributed by atoms with Crippen LogP contribution in [0.5, 0.6) is 0 Å². The molecule has 0 radical (unpaired) electrons. The molecule has 0 bridgehead atoms. The maximum Gasteiger partial charge on any atom is 0.0825 e. The number of anilines is 1. The van der Waals surface area contributed by atoms with E-state index in [-0.39, 0.29) is 0 Å². The Bertz CT molecular complexity index is 543. The number of rotatable bonds is 4. The summed E-state index contributed by atoms with van der Waals surface area (Å²) in [7, 11) is 0. The van der Waals surface area contributed by atoms with Crippen molar-refractivity contribution >= 4 is 28.9 Å². The second-order valence-electron chi connectivity index (χ2n) is 7.49. The van der Waals surface area contributed by atoms with E-state index in [1.54, 1.807) is 0 Å². The minimum absolute atomic E-state index is 0.451. The third-order valence-electron chi connectivity index (χ3n) is 5.70. The van der Waals surface area contributed by atoms with Crippen LogP contribution in [-0.4, -0.2) is 43.2 Å². The van der Waals surface area contributed by atoms with Gasteiger partial charge in [0.15, 0.2) is 0 Å². The number of nitrogens with zero attached hydrogens (tertiary/aromatic N) is 2. The Morgan fingerprint density at radius 3 is 2.58 bits per heavy atom. The van der Waals surface area contributed by atoms with Crippen molar-refractivity contribution in [3.63, 3.8) is 0 Å². The Balaban J connectivity index is 1.51. The Morgan fingerprint density at radius 2 is 1.88 bits per heavy atom. The molecule has 0 amide bonds. The molecule has 1 aliphatic carbocycles. The van der Waals surface area contributed by atoms with E-state index in [0.717, 1.165) is 31.2 Å². The Labute approximate surface area is 156 Å². The van der Waals surface area contributed by atoms with Crippen molar-refractivity contribution in [2.45, 2.75) is 51.1 Å². The van der Waals surface area contributed by atoms with Crippen molar-refractivity contribution in [3.8, 4) is 0 Å². The average Bonchev–Trinajstić information content (AvgIpc) is 2.57. The summed E-state index contributed by atoms with van der Waals surface area (Å²) < 4.78 is 0. The first kappa shape index (κ1) is 18.3.